The second-order valence-corrected chi connectivity index (χ2v) is 14.8. The molecule has 4 fully saturated rings. The van der Waals surface area contributed by atoms with Crippen LogP contribution in [0.4, 0.5) is 4.79 Å². The van der Waals surface area contributed by atoms with E-state index in [1.54, 1.807) is 27.7 Å². The van der Waals surface area contributed by atoms with Gasteiger partial charge in [-0.2, -0.15) is 0 Å². The maximum Gasteiger partial charge on any atom is 0.408 e. The van der Waals surface area contributed by atoms with Crippen LogP contribution in [-0.4, -0.2) is 127 Å². The zero-order valence-corrected chi connectivity index (χ0v) is 30.1. The zero-order valence-electron chi connectivity index (χ0n) is 30.1. The molecule has 48 heavy (non-hydrogen) atoms. The molecule has 0 aromatic carbocycles. The fourth-order valence-corrected chi connectivity index (χ4v) is 7.83. The number of ether oxygens (including phenoxy) is 7. The third kappa shape index (κ3) is 8.15. The number of nitrogens with zero attached hydrogens (tertiary/aromatic N) is 1. The van der Waals surface area contributed by atoms with Gasteiger partial charge in [-0.05, 0) is 61.1 Å². The Morgan fingerprint density at radius 1 is 1.06 bits per heavy atom. The minimum atomic E-state index is -1.31. The van der Waals surface area contributed by atoms with Crippen molar-refractivity contribution >= 4 is 23.8 Å². The predicted molar refractivity (Wildman–Crippen MR) is 171 cm³/mol. The van der Waals surface area contributed by atoms with Crippen LogP contribution in [0, 0.1) is 17.8 Å². The summed E-state index contributed by atoms with van der Waals surface area (Å²) in [7, 11) is 3.79. The molecular weight excluding hydrogens is 628 g/mol. The van der Waals surface area contributed by atoms with Gasteiger partial charge in [-0.25, -0.2) is 4.79 Å². The number of amides is 1. The molecule has 0 aromatic heterocycles. The molecule has 4 saturated heterocycles. The molecule has 0 radical (unpaired) electrons. The van der Waals surface area contributed by atoms with Crippen LogP contribution in [0.25, 0.3) is 0 Å². The third-order valence-corrected chi connectivity index (χ3v) is 10.6. The lowest BCUT2D eigenvalue weighted by molar-refractivity contribution is -0.297. The Bertz CT molecular complexity index is 1180. The molecule has 14 atom stereocenters. The van der Waals surface area contributed by atoms with Crippen molar-refractivity contribution < 1.29 is 57.4 Å². The largest absolute Gasteiger partial charge is 0.458 e. The number of esters is 2. The van der Waals surface area contributed by atoms with E-state index in [1.807, 2.05) is 39.8 Å². The van der Waals surface area contributed by atoms with E-state index in [1.165, 1.54) is 6.92 Å². The molecule has 0 aromatic rings. The van der Waals surface area contributed by atoms with Gasteiger partial charge in [0.2, 0.25) is 0 Å². The van der Waals surface area contributed by atoms with Crippen molar-refractivity contribution in [1.82, 2.24) is 10.2 Å². The number of Topliss-reactive ketones (excluding diaryl/α,β-unsaturated/α-hetero) is 1. The van der Waals surface area contributed by atoms with E-state index in [9.17, 15) is 24.3 Å². The Morgan fingerprint density at radius 3 is 2.38 bits per heavy atom. The van der Waals surface area contributed by atoms with Gasteiger partial charge in [0.05, 0.1) is 55.1 Å². The molecule has 14 nitrogen and oxygen atoms in total. The number of cyclic esters (lactones) is 1. The summed E-state index contributed by atoms with van der Waals surface area (Å²) in [6, 6.07) is -0.999. The van der Waals surface area contributed by atoms with Crippen molar-refractivity contribution in [3.63, 3.8) is 0 Å². The van der Waals surface area contributed by atoms with Crippen molar-refractivity contribution in [3.8, 4) is 0 Å². The number of aliphatic hydroxyl groups is 1. The quantitative estimate of drug-likeness (QED) is 0.320. The number of carbonyl (C=O) groups excluding carboxylic acids is 4. The summed E-state index contributed by atoms with van der Waals surface area (Å²) in [5, 5.41) is 13.7. The van der Waals surface area contributed by atoms with Crippen LogP contribution < -0.4 is 5.32 Å². The van der Waals surface area contributed by atoms with Crippen LogP contribution in [-0.2, 0) is 47.5 Å². The maximum absolute atomic E-state index is 14.2. The Hall–Kier alpha value is -2.36. The molecule has 4 heterocycles. The molecule has 1 amide bonds. The summed E-state index contributed by atoms with van der Waals surface area (Å²) >= 11 is 0. The van der Waals surface area contributed by atoms with Crippen LogP contribution in [0.5, 0.6) is 0 Å². The number of rotatable bonds is 5. The number of ketones is 1. The molecule has 14 heteroatoms. The Kier molecular flexibility index (Phi) is 12.2. The van der Waals surface area contributed by atoms with Crippen LogP contribution in [0.2, 0.25) is 0 Å². The lowest BCUT2D eigenvalue weighted by Crippen LogP contribution is -2.59. The van der Waals surface area contributed by atoms with Crippen molar-refractivity contribution in [2.45, 2.75) is 147 Å². The summed E-state index contributed by atoms with van der Waals surface area (Å²) in [6.45, 7) is 13.5. The van der Waals surface area contributed by atoms with E-state index in [-0.39, 0.29) is 44.0 Å². The van der Waals surface area contributed by atoms with Gasteiger partial charge >= 0.3 is 18.0 Å². The van der Waals surface area contributed by atoms with E-state index in [0.717, 1.165) is 0 Å². The van der Waals surface area contributed by atoms with Gasteiger partial charge in [-0.15, -0.1) is 0 Å². The highest BCUT2D eigenvalue weighted by molar-refractivity contribution is 5.85. The van der Waals surface area contributed by atoms with Crippen LogP contribution in [0.3, 0.4) is 0 Å². The summed E-state index contributed by atoms with van der Waals surface area (Å²) < 4.78 is 43.4. The normalized spacial score (nSPS) is 44.7. The highest BCUT2D eigenvalue weighted by Crippen LogP contribution is 2.40. The van der Waals surface area contributed by atoms with E-state index in [0.29, 0.717) is 12.8 Å². The Labute approximate surface area is 283 Å². The SMILES string of the molecule is CC[C@H]1OC(=O)[C@H](C)[C@H]2C[C@@H](OC3O[C@H](C)C[C@H](N(C)C)[C@H]3OC(C)=O)[C@](C)(C[C@@H](C)C(=O)[C@H](C)C3NC(=O)OC31C)OCC(O)CO2. The van der Waals surface area contributed by atoms with Gasteiger partial charge in [0.15, 0.2) is 18.0 Å². The maximum atomic E-state index is 14.2. The second kappa shape index (κ2) is 15.3. The van der Waals surface area contributed by atoms with Gasteiger partial charge < -0.3 is 48.5 Å². The van der Waals surface area contributed by atoms with Crippen molar-refractivity contribution in [1.29, 1.82) is 0 Å². The summed E-state index contributed by atoms with van der Waals surface area (Å²) in [5.74, 6) is -3.42. The van der Waals surface area contributed by atoms with Crippen LogP contribution in [0.1, 0.15) is 81.1 Å². The van der Waals surface area contributed by atoms with E-state index in [4.69, 9.17) is 33.2 Å². The lowest BCUT2D eigenvalue weighted by Gasteiger charge is -2.47. The number of hydrogen-bond donors (Lipinski definition) is 2. The molecule has 0 aliphatic carbocycles. The average molecular weight is 685 g/mol. The highest BCUT2D eigenvalue weighted by Gasteiger charge is 2.57. The summed E-state index contributed by atoms with van der Waals surface area (Å²) in [5.41, 5.74) is -2.53. The first-order valence-electron chi connectivity index (χ1n) is 17.2. The molecule has 0 saturated carbocycles. The van der Waals surface area contributed by atoms with Crippen LogP contribution in [0.15, 0.2) is 0 Å². The van der Waals surface area contributed by atoms with Gasteiger partial charge in [-0.3, -0.25) is 14.4 Å². The van der Waals surface area contributed by atoms with Crippen molar-refractivity contribution in [2.24, 2.45) is 17.8 Å². The molecule has 4 rings (SSSR count). The molecular formula is C34H56N2O12. The molecule has 2 bridgehead atoms. The number of hydrogen-bond acceptors (Lipinski definition) is 13. The van der Waals surface area contributed by atoms with E-state index < -0.39 is 89.8 Å². The smallest absolute Gasteiger partial charge is 0.408 e. The first kappa shape index (κ1) is 38.4. The number of fused-ring (bicyclic) bond motifs is 4. The molecule has 4 unspecified atom stereocenters. The van der Waals surface area contributed by atoms with E-state index >= 15 is 0 Å². The van der Waals surface area contributed by atoms with Gasteiger partial charge in [0, 0.05) is 25.2 Å². The molecule has 4 aliphatic rings. The molecule has 0 spiro atoms. The zero-order chi connectivity index (χ0) is 35.7. The third-order valence-electron chi connectivity index (χ3n) is 10.6. The number of alkyl carbamates (subject to hydrolysis) is 1. The number of nitrogens with one attached hydrogen (secondary N) is 1. The summed E-state index contributed by atoms with van der Waals surface area (Å²) in [6.07, 6.45) is -5.17. The van der Waals surface area contributed by atoms with Crippen molar-refractivity contribution in [2.75, 3.05) is 27.3 Å². The highest BCUT2D eigenvalue weighted by atomic mass is 16.7. The number of carbonyl (C=O) groups is 4. The standard InChI is InChI=1S/C34H56N2O12/c1-11-25-34(8)29(35-32(41)48-34)20(5)27(39)17(2)14-33(7)26(13-24(19(4)30(40)46-25)42-15-22(38)16-43-33)47-31-28(45-21(6)37)23(36(9)10)12-18(3)44-31/h17-20,22-26,28-29,31,38H,11-16H2,1-10H3,(H,35,41)/t17-,18-,19-,20+,22?,23+,24-,25-,26-,28-,29?,31?,33+,34?/m1/s1. The first-order valence-corrected chi connectivity index (χ1v) is 17.2. The van der Waals surface area contributed by atoms with E-state index in [2.05, 4.69) is 5.32 Å². The predicted octanol–water partition coefficient (Wildman–Crippen LogP) is 2.36. The summed E-state index contributed by atoms with van der Waals surface area (Å²) in [4.78, 5) is 54.9. The van der Waals surface area contributed by atoms with Crippen LogP contribution >= 0.6 is 0 Å². The average Bonchev–Trinajstić information content (AvgIpc) is 3.35. The fourth-order valence-electron chi connectivity index (χ4n) is 7.83. The fraction of sp³-hybridized carbons (Fsp3) is 0.882. The monoisotopic (exact) mass is 684 g/mol. The van der Waals surface area contributed by atoms with Crippen molar-refractivity contribution in [3.05, 3.63) is 0 Å². The van der Waals surface area contributed by atoms with Gasteiger partial charge in [0.25, 0.3) is 0 Å². The number of likely N-dealkylation sites (N-methyl/N-ethyl adjacent to an activating group) is 1. The minimum Gasteiger partial charge on any atom is -0.458 e. The Morgan fingerprint density at radius 2 is 1.75 bits per heavy atom. The number of aliphatic hydroxyl groups excluding tert-OH is 1. The molecule has 274 valence electrons. The first-order chi connectivity index (χ1) is 22.4. The van der Waals surface area contributed by atoms with Gasteiger partial charge in [0.1, 0.15) is 18.0 Å². The second-order valence-electron chi connectivity index (χ2n) is 14.8. The van der Waals surface area contributed by atoms with Gasteiger partial charge in [-0.1, -0.05) is 20.8 Å². The minimum absolute atomic E-state index is 0.0941. The molecule has 2 N–H and O–H groups in total. The Balaban J connectivity index is 1.81. The molecule has 4 aliphatic heterocycles. The topological polar surface area (TPSA) is 168 Å². The lowest BCUT2D eigenvalue weighted by atomic mass is 9.75.